The summed E-state index contributed by atoms with van der Waals surface area (Å²) in [5.74, 6) is 1.56. The lowest BCUT2D eigenvalue weighted by Crippen LogP contribution is -2.18. The Morgan fingerprint density at radius 3 is 3.05 bits per heavy atom. The quantitative estimate of drug-likeness (QED) is 0.907. The second kappa shape index (κ2) is 5.26. The summed E-state index contributed by atoms with van der Waals surface area (Å²) in [6.07, 6.45) is 2.49. The van der Waals surface area contributed by atoms with E-state index < -0.39 is 0 Å². The van der Waals surface area contributed by atoms with Gasteiger partial charge >= 0.3 is 0 Å². The zero-order valence-corrected chi connectivity index (χ0v) is 12.1. The molecule has 0 atom stereocenters. The van der Waals surface area contributed by atoms with Crippen molar-refractivity contribution >= 4 is 15.9 Å². The second-order valence-corrected chi connectivity index (χ2v) is 5.34. The van der Waals surface area contributed by atoms with Gasteiger partial charge in [-0.15, -0.1) is 5.10 Å². The molecule has 1 fully saturated rings. The number of tetrazole rings is 1. The molecule has 1 aliphatic carbocycles. The smallest absolute Gasteiger partial charge is 0.170 e. The minimum Gasteiger partial charge on any atom is -0.495 e. The second-order valence-electron chi connectivity index (χ2n) is 4.48. The number of aromatic nitrogens is 4. The molecule has 0 saturated heterocycles. The summed E-state index contributed by atoms with van der Waals surface area (Å²) in [5, 5.41) is 15.2. The molecule has 6 nitrogen and oxygen atoms in total. The number of benzene rings is 1. The number of nitrogens with one attached hydrogen (secondary N) is 1. The Morgan fingerprint density at radius 2 is 2.32 bits per heavy atom. The Balaban J connectivity index is 1.86. The summed E-state index contributed by atoms with van der Waals surface area (Å²) in [6.45, 7) is 0.677. The van der Waals surface area contributed by atoms with E-state index in [-0.39, 0.29) is 0 Å². The summed E-state index contributed by atoms with van der Waals surface area (Å²) in [5.41, 5.74) is 0.887. The van der Waals surface area contributed by atoms with Crippen LogP contribution in [0.15, 0.2) is 22.7 Å². The average molecular weight is 324 g/mol. The molecule has 19 heavy (non-hydrogen) atoms. The van der Waals surface area contributed by atoms with Crippen LogP contribution in [0.4, 0.5) is 0 Å². The summed E-state index contributed by atoms with van der Waals surface area (Å²) in [4.78, 5) is 0. The standard InChI is InChI=1S/C12H14BrN5O/c1-19-11-6-9(4-5-10(11)13)18-12(15-16-17-18)7-14-8-2-3-8/h4-6,8,14H,2-3,7H2,1H3. The summed E-state index contributed by atoms with van der Waals surface area (Å²) >= 11 is 3.43. The molecule has 7 heteroatoms. The van der Waals surface area contributed by atoms with Crippen molar-refractivity contribution in [1.82, 2.24) is 25.5 Å². The molecule has 0 spiro atoms. The molecule has 1 aromatic carbocycles. The van der Waals surface area contributed by atoms with E-state index in [0.717, 1.165) is 21.7 Å². The van der Waals surface area contributed by atoms with Crippen molar-refractivity contribution in [1.29, 1.82) is 0 Å². The van der Waals surface area contributed by atoms with Crippen LogP contribution in [0.2, 0.25) is 0 Å². The minimum atomic E-state index is 0.629. The highest BCUT2D eigenvalue weighted by Gasteiger charge is 2.21. The first-order valence-corrected chi connectivity index (χ1v) is 6.92. The van der Waals surface area contributed by atoms with E-state index in [1.807, 2.05) is 18.2 Å². The van der Waals surface area contributed by atoms with Gasteiger partial charge in [-0.2, -0.15) is 4.68 Å². The van der Waals surface area contributed by atoms with Gasteiger partial charge in [0.25, 0.3) is 0 Å². The topological polar surface area (TPSA) is 64.9 Å². The van der Waals surface area contributed by atoms with Gasteiger partial charge in [0.2, 0.25) is 0 Å². The normalized spacial score (nSPS) is 14.6. The Morgan fingerprint density at radius 1 is 1.47 bits per heavy atom. The van der Waals surface area contributed by atoms with Crippen LogP contribution in [-0.4, -0.2) is 33.4 Å². The number of rotatable bonds is 5. The number of nitrogens with zero attached hydrogens (tertiary/aromatic N) is 4. The Labute approximate surface area is 119 Å². The Hall–Kier alpha value is -1.47. The van der Waals surface area contributed by atoms with E-state index in [0.29, 0.717) is 12.6 Å². The number of methoxy groups -OCH3 is 1. The van der Waals surface area contributed by atoms with Gasteiger partial charge in [-0.3, -0.25) is 0 Å². The fourth-order valence-electron chi connectivity index (χ4n) is 1.82. The number of halogens is 1. The molecule has 3 rings (SSSR count). The lowest BCUT2D eigenvalue weighted by Gasteiger charge is -2.08. The maximum atomic E-state index is 5.29. The van der Waals surface area contributed by atoms with Gasteiger partial charge in [-0.25, -0.2) is 0 Å². The molecule has 100 valence electrons. The average Bonchev–Trinajstić information content (AvgIpc) is 3.14. The van der Waals surface area contributed by atoms with Gasteiger partial charge in [-0.1, -0.05) is 0 Å². The van der Waals surface area contributed by atoms with Gasteiger partial charge < -0.3 is 10.1 Å². The lowest BCUT2D eigenvalue weighted by atomic mass is 10.3. The third kappa shape index (κ3) is 2.76. The first-order valence-electron chi connectivity index (χ1n) is 6.12. The highest BCUT2D eigenvalue weighted by atomic mass is 79.9. The lowest BCUT2D eigenvalue weighted by molar-refractivity contribution is 0.411. The maximum absolute atomic E-state index is 5.29. The van der Waals surface area contributed by atoms with Crippen molar-refractivity contribution in [2.24, 2.45) is 0 Å². The van der Waals surface area contributed by atoms with Crippen LogP contribution in [0, 0.1) is 0 Å². The van der Waals surface area contributed by atoms with Crippen molar-refractivity contribution in [3.05, 3.63) is 28.5 Å². The molecule has 0 radical (unpaired) electrons. The van der Waals surface area contributed by atoms with Gasteiger partial charge in [0.05, 0.1) is 23.8 Å². The van der Waals surface area contributed by atoms with Crippen LogP contribution < -0.4 is 10.1 Å². The van der Waals surface area contributed by atoms with E-state index >= 15 is 0 Å². The molecule has 0 unspecified atom stereocenters. The third-order valence-electron chi connectivity index (χ3n) is 3.04. The van der Waals surface area contributed by atoms with E-state index in [4.69, 9.17) is 4.74 Å². The molecule has 1 heterocycles. The monoisotopic (exact) mass is 323 g/mol. The van der Waals surface area contributed by atoms with E-state index in [9.17, 15) is 0 Å². The first kappa shape index (κ1) is 12.6. The zero-order valence-electron chi connectivity index (χ0n) is 10.5. The Bertz CT molecular complexity index is 581. The van der Waals surface area contributed by atoms with Gasteiger partial charge in [0.15, 0.2) is 5.82 Å². The third-order valence-corrected chi connectivity index (χ3v) is 3.69. The van der Waals surface area contributed by atoms with Crippen LogP contribution in [0.5, 0.6) is 5.75 Å². The van der Waals surface area contributed by atoms with E-state index in [1.165, 1.54) is 12.8 Å². The van der Waals surface area contributed by atoms with Gasteiger partial charge in [0, 0.05) is 12.1 Å². The number of hydrogen-bond acceptors (Lipinski definition) is 5. The molecule has 1 N–H and O–H groups in total. The number of ether oxygens (including phenoxy) is 1. The molecule has 1 aliphatic rings. The van der Waals surface area contributed by atoms with Crippen LogP contribution in [-0.2, 0) is 6.54 Å². The van der Waals surface area contributed by atoms with Crippen molar-refractivity contribution in [3.8, 4) is 11.4 Å². The highest BCUT2D eigenvalue weighted by molar-refractivity contribution is 9.10. The molecule has 2 aromatic rings. The molecular weight excluding hydrogens is 310 g/mol. The summed E-state index contributed by atoms with van der Waals surface area (Å²) in [7, 11) is 1.64. The molecular formula is C12H14BrN5O. The van der Waals surface area contributed by atoms with Crippen molar-refractivity contribution < 1.29 is 4.74 Å². The molecule has 1 aromatic heterocycles. The fourth-order valence-corrected chi connectivity index (χ4v) is 2.23. The molecule has 0 bridgehead atoms. The molecule has 1 saturated carbocycles. The number of hydrogen-bond donors (Lipinski definition) is 1. The maximum Gasteiger partial charge on any atom is 0.170 e. The van der Waals surface area contributed by atoms with Crippen LogP contribution in [0.25, 0.3) is 5.69 Å². The molecule has 0 amide bonds. The van der Waals surface area contributed by atoms with E-state index in [1.54, 1.807) is 11.8 Å². The van der Waals surface area contributed by atoms with Gasteiger partial charge in [0.1, 0.15) is 5.75 Å². The van der Waals surface area contributed by atoms with Gasteiger partial charge in [-0.05, 0) is 51.3 Å². The predicted octanol–water partition coefficient (Wildman–Crippen LogP) is 1.69. The summed E-state index contributed by atoms with van der Waals surface area (Å²) in [6, 6.07) is 6.41. The highest BCUT2D eigenvalue weighted by Crippen LogP contribution is 2.27. The van der Waals surface area contributed by atoms with Crippen LogP contribution in [0.1, 0.15) is 18.7 Å². The van der Waals surface area contributed by atoms with Crippen LogP contribution >= 0.6 is 15.9 Å². The summed E-state index contributed by atoms with van der Waals surface area (Å²) < 4.78 is 7.92. The predicted molar refractivity (Wildman–Crippen MR) is 73.3 cm³/mol. The van der Waals surface area contributed by atoms with Crippen molar-refractivity contribution in [2.45, 2.75) is 25.4 Å². The Kier molecular flexibility index (Phi) is 3.48. The largest absolute Gasteiger partial charge is 0.495 e. The minimum absolute atomic E-state index is 0.629. The van der Waals surface area contributed by atoms with Crippen LogP contribution in [0.3, 0.4) is 0 Å². The van der Waals surface area contributed by atoms with Crippen molar-refractivity contribution in [2.75, 3.05) is 7.11 Å². The van der Waals surface area contributed by atoms with Crippen molar-refractivity contribution in [3.63, 3.8) is 0 Å². The SMILES string of the molecule is COc1cc(-n2nnnc2CNC2CC2)ccc1Br. The zero-order chi connectivity index (χ0) is 13.2. The fraction of sp³-hybridized carbons (Fsp3) is 0.417. The van der Waals surface area contributed by atoms with E-state index in [2.05, 4.69) is 36.8 Å². The molecule has 0 aliphatic heterocycles. The first-order chi connectivity index (χ1) is 9.28.